The maximum absolute atomic E-state index is 11.6. The van der Waals surface area contributed by atoms with Gasteiger partial charge in [-0.05, 0) is 26.0 Å². The Kier molecular flexibility index (Phi) is 3.36. The van der Waals surface area contributed by atoms with Gasteiger partial charge in [-0.3, -0.25) is 4.79 Å². The fourth-order valence-corrected chi connectivity index (χ4v) is 1.71. The lowest BCUT2D eigenvalue weighted by molar-refractivity contribution is -0.714. The minimum Gasteiger partial charge on any atom is -0.323 e. The lowest BCUT2D eigenvalue weighted by atomic mass is 10.2. The summed E-state index contributed by atoms with van der Waals surface area (Å²) in [7, 11) is 0. The lowest BCUT2D eigenvalue weighted by Gasteiger charge is -2.05. The van der Waals surface area contributed by atoms with Crippen molar-refractivity contribution >= 4 is 17.1 Å². The van der Waals surface area contributed by atoms with E-state index < -0.39 is 0 Å². The summed E-state index contributed by atoms with van der Waals surface area (Å²) in [4.78, 5) is 11.6. The van der Waals surface area contributed by atoms with Gasteiger partial charge in [-0.2, -0.15) is 0 Å². The molecule has 4 heteroatoms. The molecule has 0 aliphatic rings. The molecule has 18 heavy (non-hydrogen) atoms. The number of nitrogens with zero attached hydrogens (tertiary/aromatic N) is 2. The summed E-state index contributed by atoms with van der Waals surface area (Å²) in [6, 6.07) is 4.37. The third-order valence-electron chi connectivity index (χ3n) is 2.94. The normalized spacial score (nSPS) is 11.4. The van der Waals surface area contributed by atoms with Gasteiger partial charge >= 0.3 is 0 Å². The highest BCUT2D eigenvalue weighted by Crippen LogP contribution is 2.11. The van der Waals surface area contributed by atoms with Crippen LogP contribution in [0.1, 0.15) is 33.7 Å². The van der Waals surface area contributed by atoms with Gasteiger partial charge in [0.2, 0.25) is 12.2 Å². The molecule has 4 nitrogen and oxygen atoms in total. The molecule has 2 aromatic rings. The smallest absolute Gasteiger partial charge is 0.249 e. The highest BCUT2D eigenvalue weighted by atomic mass is 16.1. The Morgan fingerprint density at radius 2 is 2.00 bits per heavy atom. The first-order chi connectivity index (χ1) is 8.47. The molecule has 1 amide bonds. The van der Waals surface area contributed by atoms with Gasteiger partial charge in [-0.25, -0.2) is 8.97 Å². The quantitative estimate of drug-likeness (QED) is 0.830. The van der Waals surface area contributed by atoms with Crippen LogP contribution in [0.5, 0.6) is 0 Å². The fraction of sp³-hybridized carbons (Fsp3) is 0.429. The Labute approximate surface area is 107 Å². The van der Waals surface area contributed by atoms with Crippen molar-refractivity contribution in [1.82, 2.24) is 4.40 Å². The number of hydrogen-bond acceptors (Lipinski definition) is 1. The maximum atomic E-state index is 11.6. The first kappa shape index (κ1) is 12.6. The van der Waals surface area contributed by atoms with Crippen molar-refractivity contribution in [1.29, 1.82) is 0 Å². The molecular formula is C14H20N3O+. The summed E-state index contributed by atoms with van der Waals surface area (Å²) in [5.41, 5.74) is 1.94. The molecule has 0 aliphatic carbocycles. The molecule has 2 heterocycles. The molecule has 2 rings (SSSR count). The zero-order valence-corrected chi connectivity index (χ0v) is 11.3. The fourth-order valence-electron chi connectivity index (χ4n) is 1.71. The summed E-state index contributed by atoms with van der Waals surface area (Å²) < 4.78 is 4.17. The molecule has 1 N–H and O–H groups in total. The SMILES string of the molecule is CC(C)C(=O)Nc1ccc2c[n+](C(C)C)cn2c1. The summed E-state index contributed by atoms with van der Waals surface area (Å²) in [6.07, 6.45) is 6.07. The van der Waals surface area contributed by atoms with Gasteiger partial charge in [0.1, 0.15) is 12.4 Å². The Morgan fingerprint density at radius 3 is 2.61 bits per heavy atom. The van der Waals surface area contributed by atoms with Crippen LogP contribution in [-0.4, -0.2) is 10.3 Å². The second kappa shape index (κ2) is 4.80. The number of carbonyl (C=O) groups excluding carboxylic acids is 1. The summed E-state index contributed by atoms with van der Waals surface area (Å²) >= 11 is 0. The number of anilines is 1. The van der Waals surface area contributed by atoms with Crippen LogP contribution in [0.25, 0.3) is 5.52 Å². The van der Waals surface area contributed by atoms with Crippen LogP contribution >= 0.6 is 0 Å². The van der Waals surface area contributed by atoms with Gasteiger partial charge in [0, 0.05) is 5.92 Å². The standard InChI is InChI=1S/C14H19N3O/c1-10(2)14(18)15-12-5-6-13-8-16(11(3)4)9-17(13)7-12/h5-11H,1-4H3/p+1. The minimum atomic E-state index is -0.00837. The van der Waals surface area contributed by atoms with Crippen LogP contribution < -0.4 is 9.88 Å². The van der Waals surface area contributed by atoms with Gasteiger partial charge in [0.25, 0.3) is 0 Å². The Hall–Kier alpha value is -1.84. The van der Waals surface area contributed by atoms with E-state index in [4.69, 9.17) is 0 Å². The highest BCUT2D eigenvalue weighted by molar-refractivity contribution is 5.92. The molecule has 0 aliphatic heterocycles. The van der Waals surface area contributed by atoms with E-state index in [9.17, 15) is 4.79 Å². The number of pyridine rings is 1. The van der Waals surface area contributed by atoms with Crippen LogP contribution in [0.2, 0.25) is 0 Å². The number of nitrogens with one attached hydrogen (secondary N) is 1. The molecule has 2 aromatic heterocycles. The Morgan fingerprint density at radius 1 is 1.28 bits per heavy atom. The maximum Gasteiger partial charge on any atom is 0.249 e. The highest BCUT2D eigenvalue weighted by Gasteiger charge is 2.12. The number of hydrogen-bond donors (Lipinski definition) is 1. The molecular weight excluding hydrogens is 226 g/mol. The molecule has 0 atom stereocenters. The van der Waals surface area contributed by atoms with Crippen molar-refractivity contribution in [2.45, 2.75) is 33.7 Å². The first-order valence-electron chi connectivity index (χ1n) is 6.30. The van der Waals surface area contributed by atoms with Crippen molar-refractivity contribution in [2.24, 2.45) is 5.92 Å². The molecule has 0 aromatic carbocycles. The topological polar surface area (TPSA) is 37.4 Å². The van der Waals surface area contributed by atoms with E-state index in [1.807, 2.05) is 42.9 Å². The van der Waals surface area contributed by atoms with Crippen LogP contribution in [-0.2, 0) is 4.79 Å². The zero-order chi connectivity index (χ0) is 13.3. The Bertz CT molecular complexity index is 569. The van der Waals surface area contributed by atoms with E-state index >= 15 is 0 Å². The van der Waals surface area contributed by atoms with Gasteiger partial charge < -0.3 is 5.32 Å². The van der Waals surface area contributed by atoms with Crippen LogP contribution in [0.15, 0.2) is 30.9 Å². The largest absolute Gasteiger partial charge is 0.323 e. The van der Waals surface area contributed by atoms with Gasteiger partial charge in [-0.15, -0.1) is 0 Å². The molecule has 96 valence electrons. The molecule has 0 spiro atoms. The number of aromatic nitrogens is 2. The van der Waals surface area contributed by atoms with E-state index in [1.165, 1.54) is 0 Å². The number of amides is 1. The average Bonchev–Trinajstić information content (AvgIpc) is 2.71. The average molecular weight is 246 g/mol. The number of fused-ring (bicyclic) bond motifs is 1. The predicted molar refractivity (Wildman–Crippen MR) is 71.4 cm³/mol. The third-order valence-corrected chi connectivity index (χ3v) is 2.94. The van der Waals surface area contributed by atoms with Crippen LogP contribution in [0.4, 0.5) is 5.69 Å². The van der Waals surface area contributed by atoms with E-state index in [1.54, 1.807) is 0 Å². The van der Waals surface area contributed by atoms with E-state index in [-0.39, 0.29) is 11.8 Å². The summed E-state index contributed by atoms with van der Waals surface area (Å²) in [5, 5.41) is 2.90. The molecule has 0 unspecified atom stereocenters. The van der Waals surface area contributed by atoms with E-state index in [0.29, 0.717) is 6.04 Å². The molecule has 0 saturated carbocycles. The molecule has 0 bridgehead atoms. The number of imidazole rings is 1. The number of rotatable bonds is 3. The van der Waals surface area contributed by atoms with Crippen molar-refractivity contribution < 1.29 is 9.36 Å². The van der Waals surface area contributed by atoms with E-state index in [2.05, 4.69) is 29.9 Å². The van der Waals surface area contributed by atoms with Crippen molar-refractivity contribution in [3.63, 3.8) is 0 Å². The van der Waals surface area contributed by atoms with Crippen LogP contribution in [0.3, 0.4) is 0 Å². The summed E-state index contributed by atoms with van der Waals surface area (Å²) in [6.45, 7) is 8.05. The number of carbonyl (C=O) groups is 1. The Balaban J connectivity index is 2.29. The third kappa shape index (κ3) is 2.53. The van der Waals surface area contributed by atoms with Gasteiger partial charge in [-0.1, -0.05) is 13.8 Å². The second-order valence-corrected chi connectivity index (χ2v) is 5.18. The van der Waals surface area contributed by atoms with Crippen molar-refractivity contribution in [2.75, 3.05) is 5.32 Å². The van der Waals surface area contributed by atoms with Gasteiger partial charge in [0.05, 0.1) is 11.7 Å². The monoisotopic (exact) mass is 246 g/mol. The van der Waals surface area contributed by atoms with Crippen LogP contribution in [0, 0.1) is 5.92 Å². The zero-order valence-electron chi connectivity index (χ0n) is 11.3. The molecule has 0 saturated heterocycles. The molecule has 0 radical (unpaired) electrons. The minimum absolute atomic E-state index is 0.00837. The summed E-state index contributed by atoms with van der Waals surface area (Å²) in [5.74, 6) is 0.0317. The molecule has 0 fully saturated rings. The second-order valence-electron chi connectivity index (χ2n) is 5.18. The lowest BCUT2D eigenvalue weighted by Crippen LogP contribution is -2.33. The van der Waals surface area contributed by atoms with Crippen molar-refractivity contribution in [3.8, 4) is 0 Å². The van der Waals surface area contributed by atoms with Crippen molar-refractivity contribution in [3.05, 3.63) is 30.9 Å². The first-order valence-corrected chi connectivity index (χ1v) is 6.30. The predicted octanol–water partition coefficient (Wildman–Crippen LogP) is 2.40. The van der Waals surface area contributed by atoms with Gasteiger partial charge in [0.15, 0.2) is 5.52 Å². The van der Waals surface area contributed by atoms with E-state index in [0.717, 1.165) is 11.2 Å².